The van der Waals surface area contributed by atoms with Crippen LogP contribution in [0.15, 0.2) is 18.2 Å². The molecule has 0 saturated carbocycles. The van der Waals surface area contributed by atoms with Crippen molar-refractivity contribution >= 4 is 11.4 Å². The lowest BCUT2D eigenvalue weighted by atomic mass is 10.1. The van der Waals surface area contributed by atoms with E-state index in [0.717, 1.165) is 31.6 Å². The summed E-state index contributed by atoms with van der Waals surface area (Å²) in [6.45, 7) is 1.82. The van der Waals surface area contributed by atoms with Crippen LogP contribution in [0.2, 0.25) is 0 Å². The number of nitro benzene ring substituents is 1. The molecule has 1 aliphatic heterocycles. The third-order valence-corrected chi connectivity index (χ3v) is 2.96. The maximum atomic E-state index is 10.8. The van der Waals surface area contributed by atoms with Gasteiger partial charge in [0.25, 0.3) is 5.69 Å². The molecule has 2 rings (SSSR count). The zero-order chi connectivity index (χ0) is 12.3. The molecule has 1 aliphatic rings. The van der Waals surface area contributed by atoms with Crippen molar-refractivity contribution in [2.24, 2.45) is 0 Å². The number of benzene rings is 1. The van der Waals surface area contributed by atoms with Crippen LogP contribution in [0.25, 0.3) is 0 Å². The van der Waals surface area contributed by atoms with E-state index in [0.29, 0.717) is 5.56 Å². The van der Waals surface area contributed by atoms with E-state index in [9.17, 15) is 10.1 Å². The average Bonchev–Trinajstić information content (AvgIpc) is 2.39. The molecular formula is C12H13N3O2. The molecule has 1 fully saturated rings. The lowest BCUT2D eigenvalue weighted by Crippen LogP contribution is -2.29. The minimum absolute atomic E-state index is 0.00961. The van der Waals surface area contributed by atoms with Crippen molar-refractivity contribution in [1.82, 2.24) is 0 Å². The van der Waals surface area contributed by atoms with Crippen LogP contribution in [-0.2, 0) is 0 Å². The largest absolute Gasteiger partial charge is 0.371 e. The molecule has 0 radical (unpaired) electrons. The molecule has 0 N–H and O–H groups in total. The number of nitrogens with zero attached hydrogens (tertiary/aromatic N) is 3. The topological polar surface area (TPSA) is 70.2 Å². The second kappa shape index (κ2) is 4.83. The van der Waals surface area contributed by atoms with Crippen LogP contribution < -0.4 is 4.90 Å². The smallest absolute Gasteiger partial charge is 0.272 e. The summed E-state index contributed by atoms with van der Waals surface area (Å²) in [6.07, 6.45) is 3.41. The van der Waals surface area contributed by atoms with E-state index in [4.69, 9.17) is 5.26 Å². The molecule has 0 aromatic heterocycles. The predicted octanol–water partition coefficient (Wildman–Crippen LogP) is 2.46. The monoisotopic (exact) mass is 231 g/mol. The first kappa shape index (κ1) is 11.4. The van der Waals surface area contributed by atoms with E-state index < -0.39 is 4.92 Å². The van der Waals surface area contributed by atoms with Crippen LogP contribution in [0.1, 0.15) is 24.8 Å². The van der Waals surface area contributed by atoms with Gasteiger partial charge >= 0.3 is 0 Å². The van der Waals surface area contributed by atoms with Gasteiger partial charge in [-0.3, -0.25) is 10.1 Å². The second-order valence-electron chi connectivity index (χ2n) is 4.15. The molecule has 1 aromatic rings. The Morgan fingerprint density at radius 2 is 1.94 bits per heavy atom. The Labute approximate surface area is 99.4 Å². The first-order valence-corrected chi connectivity index (χ1v) is 5.65. The lowest BCUT2D eigenvalue weighted by molar-refractivity contribution is -0.384. The molecule has 0 amide bonds. The van der Waals surface area contributed by atoms with Crippen molar-refractivity contribution < 1.29 is 4.92 Å². The summed E-state index contributed by atoms with van der Waals surface area (Å²) in [5.74, 6) is 0. The Morgan fingerprint density at radius 1 is 1.24 bits per heavy atom. The number of nitro groups is 1. The quantitative estimate of drug-likeness (QED) is 0.579. The van der Waals surface area contributed by atoms with Gasteiger partial charge in [-0.15, -0.1) is 0 Å². The molecule has 1 aromatic carbocycles. The highest BCUT2D eigenvalue weighted by Gasteiger charge is 2.16. The first-order valence-electron chi connectivity index (χ1n) is 5.65. The third-order valence-electron chi connectivity index (χ3n) is 2.96. The van der Waals surface area contributed by atoms with Gasteiger partial charge in [-0.1, -0.05) is 0 Å². The fourth-order valence-electron chi connectivity index (χ4n) is 2.10. The van der Waals surface area contributed by atoms with Gasteiger partial charge in [-0.2, -0.15) is 5.26 Å². The van der Waals surface area contributed by atoms with Crippen LogP contribution in [0.5, 0.6) is 0 Å². The Bertz CT molecular complexity index is 473. The summed E-state index contributed by atoms with van der Waals surface area (Å²) in [4.78, 5) is 12.4. The van der Waals surface area contributed by atoms with Crippen LogP contribution in [0.3, 0.4) is 0 Å². The summed E-state index contributed by atoms with van der Waals surface area (Å²) >= 11 is 0. The third kappa shape index (κ3) is 2.53. The zero-order valence-electron chi connectivity index (χ0n) is 9.43. The minimum Gasteiger partial charge on any atom is -0.371 e. The molecule has 1 heterocycles. The van der Waals surface area contributed by atoms with E-state index in [1.807, 2.05) is 6.07 Å². The SMILES string of the molecule is N#Cc1cc(N2CCCCC2)cc([N+](=O)[O-])c1. The fraction of sp³-hybridized carbons (Fsp3) is 0.417. The number of rotatable bonds is 2. The van der Waals surface area contributed by atoms with Gasteiger partial charge in [0.05, 0.1) is 16.6 Å². The highest BCUT2D eigenvalue weighted by Crippen LogP contribution is 2.26. The van der Waals surface area contributed by atoms with E-state index in [2.05, 4.69) is 4.90 Å². The second-order valence-corrected chi connectivity index (χ2v) is 4.15. The van der Waals surface area contributed by atoms with Crippen molar-refractivity contribution in [3.05, 3.63) is 33.9 Å². The highest BCUT2D eigenvalue weighted by atomic mass is 16.6. The summed E-state index contributed by atoms with van der Waals surface area (Å²) in [5, 5.41) is 19.7. The van der Waals surface area contributed by atoms with Crippen molar-refractivity contribution in [3.63, 3.8) is 0 Å². The van der Waals surface area contributed by atoms with Crippen molar-refractivity contribution in [1.29, 1.82) is 5.26 Å². The molecule has 5 heteroatoms. The molecule has 88 valence electrons. The van der Waals surface area contributed by atoms with E-state index in [-0.39, 0.29) is 5.69 Å². The maximum absolute atomic E-state index is 10.8. The van der Waals surface area contributed by atoms with Crippen molar-refractivity contribution in [3.8, 4) is 6.07 Å². The molecule has 5 nitrogen and oxygen atoms in total. The number of hydrogen-bond acceptors (Lipinski definition) is 4. The normalized spacial score (nSPS) is 15.4. The van der Waals surface area contributed by atoms with Crippen LogP contribution in [0, 0.1) is 21.4 Å². The Balaban J connectivity index is 2.35. The first-order chi connectivity index (χ1) is 8.20. The molecular weight excluding hydrogens is 218 g/mol. The summed E-state index contributed by atoms with van der Waals surface area (Å²) in [7, 11) is 0. The standard InChI is InChI=1S/C12H13N3O2/c13-9-10-6-11(8-12(7-10)15(16)17)14-4-2-1-3-5-14/h6-8H,1-5H2. The van der Waals surface area contributed by atoms with Crippen LogP contribution in [0.4, 0.5) is 11.4 Å². The number of anilines is 1. The van der Waals surface area contributed by atoms with Crippen molar-refractivity contribution in [2.75, 3.05) is 18.0 Å². The molecule has 1 saturated heterocycles. The van der Waals surface area contributed by atoms with Gasteiger partial charge < -0.3 is 4.90 Å². The zero-order valence-corrected chi connectivity index (χ0v) is 9.43. The Kier molecular flexibility index (Phi) is 3.24. The molecule has 0 unspecified atom stereocenters. The average molecular weight is 231 g/mol. The number of nitriles is 1. The lowest BCUT2D eigenvalue weighted by Gasteiger charge is -2.28. The molecule has 0 bridgehead atoms. The van der Waals surface area contributed by atoms with Crippen LogP contribution in [-0.4, -0.2) is 18.0 Å². The molecule has 17 heavy (non-hydrogen) atoms. The summed E-state index contributed by atoms with van der Waals surface area (Å²) in [5.41, 5.74) is 1.12. The van der Waals surface area contributed by atoms with Gasteiger partial charge in [0, 0.05) is 30.9 Å². The highest BCUT2D eigenvalue weighted by molar-refractivity contribution is 5.58. The van der Waals surface area contributed by atoms with E-state index >= 15 is 0 Å². The van der Waals surface area contributed by atoms with Gasteiger partial charge in [0.15, 0.2) is 0 Å². The van der Waals surface area contributed by atoms with E-state index in [1.165, 1.54) is 12.5 Å². The predicted molar refractivity (Wildman–Crippen MR) is 63.9 cm³/mol. The summed E-state index contributed by atoms with van der Waals surface area (Å²) in [6, 6.07) is 6.55. The number of hydrogen-bond donors (Lipinski definition) is 0. The van der Waals surface area contributed by atoms with Crippen molar-refractivity contribution in [2.45, 2.75) is 19.3 Å². The van der Waals surface area contributed by atoms with Gasteiger partial charge in [-0.25, -0.2) is 0 Å². The Morgan fingerprint density at radius 3 is 2.53 bits per heavy atom. The van der Waals surface area contributed by atoms with Crippen LogP contribution >= 0.6 is 0 Å². The fourth-order valence-corrected chi connectivity index (χ4v) is 2.10. The van der Waals surface area contributed by atoms with Gasteiger partial charge in [0.1, 0.15) is 0 Å². The van der Waals surface area contributed by atoms with Gasteiger partial charge in [-0.05, 0) is 25.3 Å². The Hall–Kier alpha value is -2.09. The number of non-ortho nitro benzene ring substituents is 1. The molecule has 0 spiro atoms. The van der Waals surface area contributed by atoms with Gasteiger partial charge in [0.2, 0.25) is 0 Å². The summed E-state index contributed by atoms with van der Waals surface area (Å²) < 4.78 is 0. The molecule has 0 aliphatic carbocycles. The maximum Gasteiger partial charge on any atom is 0.272 e. The number of piperidine rings is 1. The molecule has 0 atom stereocenters. The minimum atomic E-state index is -0.450. The van der Waals surface area contributed by atoms with E-state index in [1.54, 1.807) is 12.1 Å².